The summed E-state index contributed by atoms with van der Waals surface area (Å²) in [4.78, 5) is 8.89. The summed E-state index contributed by atoms with van der Waals surface area (Å²) in [6.45, 7) is 6.22. The van der Waals surface area contributed by atoms with Crippen molar-refractivity contribution in [2.75, 3.05) is 6.61 Å². The molecule has 3 rings (SSSR count). The average molecular weight is 429 g/mol. The number of rotatable bonds is 5. The van der Waals surface area contributed by atoms with Gasteiger partial charge in [-0.25, -0.2) is 18.4 Å². The number of halogens is 2. The number of ether oxygens (including phenoxy) is 1. The standard InChI is InChI=1S/C17H18Cl2N4O3S/c1-5-26-12-7-6-10(27(19,24)25)8-11(12)17-20-14-13(9(2)3)22-23(4)15(14)16(18)21-17/h6-9H,5H2,1-4H3. The van der Waals surface area contributed by atoms with Gasteiger partial charge in [0.2, 0.25) is 0 Å². The molecular weight excluding hydrogens is 411 g/mol. The predicted octanol–water partition coefficient (Wildman–Crippen LogP) is 4.13. The molecule has 0 aliphatic carbocycles. The molecule has 7 nitrogen and oxygen atoms in total. The van der Waals surface area contributed by atoms with E-state index >= 15 is 0 Å². The Labute approximate surface area is 166 Å². The minimum absolute atomic E-state index is 0.0716. The minimum atomic E-state index is -3.92. The summed E-state index contributed by atoms with van der Waals surface area (Å²) in [5, 5.41) is 4.70. The largest absolute Gasteiger partial charge is 0.493 e. The van der Waals surface area contributed by atoms with E-state index in [1.807, 2.05) is 20.8 Å². The molecule has 10 heteroatoms. The number of hydrogen-bond acceptors (Lipinski definition) is 6. The molecule has 0 unspecified atom stereocenters. The van der Waals surface area contributed by atoms with Gasteiger partial charge < -0.3 is 4.74 Å². The summed E-state index contributed by atoms with van der Waals surface area (Å²) in [6.07, 6.45) is 0. The van der Waals surface area contributed by atoms with Gasteiger partial charge >= 0.3 is 0 Å². The fourth-order valence-corrected chi connectivity index (χ4v) is 3.85. The molecule has 1 aromatic carbocycles. The molecule has 0 saturated heterocycles. The van der Waals surface area contributed by atoms with Crippen LogP contribution in [-0.4, -0.2) is 34.8 Å². The molecule has 0 radical (unpaired) electrons. The zero-order valence-corrected chi connectivity index (χ0v) is 17.5. The first kappa shape index (κ1) is 19.9. The third-order valence-corrected chi connectivity index (χ3v) is 5.60. The number of hydrogen-bond donors (Lipinski definition) is 0. The molecule has 27 heavy (non-hydrogen) atoms. The monoisotopic (exact) mass is 428 g/mol. The topological polar surface area (TPSA) is 87.0 Å². The van der Waals surface area contributed by atoms with Crippen molar-refractivity contribution in [2.24, 2.45) is 7.05 Å². The molecule has 2 aromatic heterocycles. The molecule has 144 valence electrons. The number of benzene rings is 1. The number of nitrogens with zero attached hydrogens (tertiary/aromatic N) is 4. The van der Waals surface area contributed by atoms with Crippen molar-refractivity contribution in [1.82, 2.24) is 19.7 Å². The van der Waals surface area contributed by atoms with E-state index in [0.29, 0.717) is 29.0 Å². The van der Waals surface area contributed by atoms with Crippen LogP contribution in [-0.2, 0) is 16.1 Å². The van der Waals surface area contributed by atoms with E-state index in [1.54, 1.807) is 11.7 Å². The summed E-state index contributed by atoms with van der Waals surface area (Å²) in [5.41, 5.74) is 2.39. The van der Waals surface area contributed by atoms with Gasteiger partial charge in [-0.2, -0.15) is 5.10 Å². The van der Waals surface area contributed by atoms with Crippen LogP contribution >= 0.6 is 22.3 Å². The van der Waals surface area contributed by atoms with Crippen molar-refractivity contribution in [3.05, 3.63) is 29.0 Å². The van der Waals surface area contributed by atoms with Crippen molar-refractivity contribution in [3.8, 4) is 17.1 Å². The highest BCUT2D eigenvalue weighted by Crippen LogP contribution is 2.35. The lowest BCUT2D eigenvalue weighted by atomic mass is 10.1. The van der Waals surface area contributed by atoms with E-state index in [4.69, 9.17) is 27.0 Å². The molecule has 2 heterocycles. The van der Waals surface area contributed by atoms with Gasteiger partial charge in [0.05, 0.1) is 22.8 Å². The number of fused-ring (bicyclic) bond motifs is 1. The minimum Gasteiger partial charge on any atom is -0.493 e. The second-order valence-corrected chi connectivity index (χ2v) is 9.15. The third kappa shape index (κ3) is 3.74. The van der Waals surface area contributed by atoms with E-state index in [1.165, 1.54) is 18.2 Å². The highest BCUT2D eigenvalue weighted by atomic mass is 35.7. The van der Waals surface area contributed by atoms with Crippen LogP contribution in [0.1, 0.15) is 32.4 Å². The molecule has 0 fully saturated rings. The Bertz CT molecular complexity index is 1130. The Morgan fingerprint density at radius 1 is 1.26 bits per heavy atom. The fraction of sp³-hybridized carbons (Fsp3) is 0.353. The van der Waals surface area contributed by atoms with Gasteiger partial charge in [0.15, 0.2) is 11.0 Å². The molecule has 0 spiro atoms. The van der Waals surface area contributed by atoms with Gasteiger partial charge in [0.25, 0.3) is 9.05 Å². The molecule has 0 amide bonds. The van der Waals surface area contributed by atoms with Gasteiger partial charge in [0.1, 0.15) is 16.8 Å². The molecule has 3 aromatic rings. The molecular formula is C17H18Cl2N4O3S. The number of aromatic nitrogens is 4. The van der Waals surface area contributed by atoms with Crippen LogP contribution in [0.15, 0.2) is 23.1 Å². The van der Waals surface area contributed by atoms with Crippen LogP contribution in [0.3, 0.4) is 0 Å². The van der Waals surface area contributed by atoms with Gasteiger partial charge in [0, 0.05) is 17.7 Å². The lowest BCUT2D eigenvalue weighted by molar-refractivity contribution is 0.341. The highest BCUT2D eigenvalue weighted by molar-refractivity contribution is 8.13. The quantitative estimate of drug-likeness (QED) is 0.448. The van der Waals surface area contributed by atoms with E-state index < -0.39 is 9.05 Å². The Morgan fingerprint density at radius 3 is 2.56 bits per heavy atom. The fourth-order valence-electron chi connectivity index (χ4n) is 2.78. The van der Waals surface area contributed by atoms with E-state index in [0.717, 1.165) is 5.69 Å². The number of aryl methyl sites for hydroxylation is 1. The zero-order valence-electron chi connectivity index (χ0n) is 15.2. The van der Waals surface area contributed by atoms with Gasteiger partial charge in [-0.05, 0) is 31.0 Å². The summed E-state index contributed by atoms with van der Waals surface area (Å²) < 4.78 is 30.8. The normalized spacial score (nSPS) is 12.1. The summed E-state index contributed by atoms with van der Waals surface area (Å²) in [6, 6.07) is 4.29. The van der Waals surface area contributed by atoms with Crippen molar-refractivity contribution >= 4 is 42.4 Å². The molecule has 0 aliphatic rings. The molecule has 0 aliphatic heterocycles. The SMILES string of the molecule is CCOc1ccc(S(=O)(=O)Cl)cc1-c1nc(Cl)c2c(n1)c(C(C)C)nn2C. The summed E-state index contributed by atoms with van der Waals surface area (Å²) in [5.74, 6) is 0.799. The van der Waals surface area contributed by atoms with Crippen molar-refractivity contribution < 1.29 is 13.2 Å². The molecule has 0 N–H and O–H groups in total. The van der Waals surface area contributed by atoms with Gasteiger partial charge in [-0.15, -0.1) is 0 Å². The lowest BCUT2D eigenvalue weighted by Crippen LogP contribution is -2.01. The Kier molecular flexibility index (Phi) is 5.33. The Balaban J connectivity index is 2.32. The first-order chi connectivity index (χ1) is 12.6. The molecule has 0 bridgehead atoms. The maximum Gasteiger partial charge on any atom is 0.261 e. The lowest BCUT2D eigenvalue weighted by Gasteiger charge is -2.11. The second-order valence-electron chi connectivity index (χ2n) is 6.23. The smallest absolute Gasteiger partial charge is 0.261 e. The predicted molar refractivity (Wildman–Crippen MR) is 105 cm³/mol. The van der Waals surface area contributed by atoms with Crippen LogP contribution in [0.5, 0.6) is 5.75 Å². The first-order valence-electron chi connectivity index (χ1n) is 8.25. The summed E-state index contributed by atoms with van der Waals surface area (Å²) in [7, 11) is 3.34. The van der Waals surface area contributed by atoms with Crippen LogP contribution in [0.25, 0.3) is 22.4 Å². The van der Waals surface area contributed by atoms with E-state index in [2.05, 4.69) is 15.1 Å². The van der Waals surface area contributed by atoms with Crippen molar-refractivity contribution in [2.45, 2.75) is 31.6 Å². The van der Waals surface area contributed by atoms with Crippen molar-refractivity contribution in [3.63, 3.8) is 0 Å². The zero-order chi connectivity index (χ0) is 19.9. The third-order valence-electron chi connectivity index (χ3n) is 3.99. The highest BCUT2D eigenvalue weighted by Gasteiger charge is 2.22. The van der Waals surface area contributed by atoms with Gasteiger partial charge in [-0.1, -0.05) is 25.4 Å². The van der Waals surface area contributed by atoms with Crippen LogP contribution in [0.4, 0.5) is 0 Å². The van der Waals surface area contributed by atoms with E-state index in [-0.39, 0.29) is 21.8 Å². The van der Waals surface area contributed by atoms with E-state index in [9.17, 15) is 8.42 Å². The Morgan fingerprint density at radius 2 is 1.96 bits per heavy atom. The first-order valence-corrected chi connectivity index (χ1v) is 10.9. The second kappa shape index (κ2) is 7.26. The van der Waals surface area contributed by atoms with Crippen LogP contribution < -0.4 is 4.74 Å². The van der Waals surface area contributed by atoms with Gasteiger partial charge in [-0.3, -0.25) is 4.68 Å². The van der Waals surface area contributed by atoms with Crippen LogP contribution in [0.2, 0.25) is 5.15 Å². The average Bonchev–Trinajstić information content (AvgIpc) is 2.92. The summed E-state index contributed by atoms with van der Waals surface area (Å²) >= 11 is 6.40. The maximum absolute atomic E-state index is 11.8. The molecule has 0 saturated carbocycles. The maximum atomic E-state index is 11.8. The van der Waals surface area contributed by atoms with Crippen LogP contribution in [0, 0.1) is 0 Å². The van der Waals surface area contributed by atoms with Crippen molar-refractivity contribution in [1.29, 1.82) is 0 Å². The molecule has 0 atom stereocenters. The Hall–Kier alpha value is -1.90.